The number of piperidine rings is 1. The standard InChI is InChI=1S/C19H24N4O.C2HF3O2/c1-22-11-8-20-17(22)14-23-9-6-19(7-10-23)12-15-4-2-3-5-16(15)13-21-18(19)24;3-2(4,5)1(6)7/h2-5,8,11H,6-7,9-10,12-14H2,1H3,(H,21,24);(H,6,7). The monoisotopic (exact) mass is 438 g/mol. The minimum absolute atomic E-state index is 0.232. The number of carbonyl (C=O) groups excluding carboxylic acids is 1. The molecule has 168 valence electrons. The van der Waals surface area contributed by atoms with Crippen LogP contribution in [0.3, 0.4) is 0 Å². The lowest BCUT2D eigenvalue weighted by Crippen LogP contribution is -2.48. The fourth-order valence-electron chi connectivity index (χ4n) is 4.00. The number of hydrogen-bond acceptors (Lipinski definition) is 4. The summed E-state index contributed by atoms with van der Waals surface area (Å²) in [7, 11) is 2.03. The molecular formula is C21H25F3N4O3. The van der Waals surface area contributed by atoms with Crippen molar-refractivity contribution in [2.45, 2.75) is 38.5 Å². The molecule has 0 radical (unpaired) electrons. The number of halogens is 3. The Bertz CT molecular complexity index is 934. The van der Waals surface area contributed by atoms with Crippen LogP contribution < -0.4 is 5.32 Å². The van der Waals surface area contributed by atoms with Gasteiger partial charge in [0.1, 0.15) is 5.82 Å². The number of aliphatic carboxylic acids is 1. The van der Waals surface area contributed by atoms with Crippen molar-refractivity contribution in [1.29, 1.82) is 0 Å². The molecule has 2 aromatic rings. The largest absolute Gasteiger partial charge is 0.490 e. The topological polar surface area (TPSA) is 87.5 Å². The van der Waals surface area contributed by atoms with Crippen molar-refractivity contribution in [3.05, 3.63) is 53.6 Å². The van der Waals surface area contributed by atoms with Crippen molar-refractivity contribution in [2.75, 3.05) is 13.1 Å². The Morgan fingerprint density at radius 3 is 2.39 bits per heavy atom. The third-order valence-corrected chi connectivity index (χ3v) is 5.91. The minimum Gasteiger partial charge on any atom is -0.475 e. The summed E-state index contributed by atoms with van der Waals surface area (Å²) >= 11 is 0. The summed E-state index contributed by atoms with van der Waals surface area (Å²) in [5.74, 6) is -1.44. The first-order valence-corrected chi connectivity index (χ1v) is 9.94. The lowest BCUT2D eigenvalue weighted by Gasteiger charge is -2.40. The molecule has 2 aliphatic rings. The summed E-state index contributed by atoms with van der Waals surface area (Å²) in [4.78, 5) is 28.5. The molecule has 1 aromatic carbocycles. The van der Waals surface area contributed by atoms with Crippen LogP contribution in [0.2, 0.25) is 0 Å². The van der Waals surface area contributed by atoms with E-state index in [-0.39, 0.29) is 11.3 Å². The molecule has 0 saturated carbocycles. The molecule has 0 unspecified atom stereocenters. The van der Waals surface area contributed by atoms with E-state index in [9.17, 15) is 18.0 Å². The number of amides is 1. The Balaban J connectivity index is 0.000000339. The highest BCUT2D eigenvalue weighted by atomic mass is 19.4. The Kier molecular flexibility index (Phi) is 6.68. The smallest absolute Gasteiger partial charge is 0.475 e. The van der Waals surface area contributed by atoms with Crippen LogP contribution in [0.1, 0.15) is 29.8 Å². The van der Waals surface area contributed by atoms with E-state index in [1.807, 2.05) is 19.4 Å². The van der Waals surface area contributed by atoms with Gasteiger partial charge in [-0.3, -0.25) is 9.69 Å². The van der Waals surface area contributed by atoms with Gasteiger partial charge in [0.2, 0.25) is 5.91 Å². The molecule has 4 rings (SSSR count). The van der Waals surface area contributed by atoms with Gasteiger partial charge in [-0.05, 0) is 43.5 Å². The second-order valence-corrected chi connectivity index (χ2v) is 7.94. The maximum absolute atomic E-state index is 12.8. The predicted molar refractivity (Wildman–Crippen MR) is 106 cm³/mol. The zero-order chi connectivity index (χ0) is 22.6. The minimum atomic E-state index is -5.08. The second-order valence-electron chi connectivity index (χ2n) is 7.94. The summed E-state index contributed by atoms with van der Waals surface area (Å²) in [5.41, 5.74) is 2.34. The molecule has 1 amide bonds. The van der Waals surface area contributed by atoms with E-state index in [0.29, 0.717) is 6.54 Å². The van der Waals surface area contributed by atoms with Crippen LogP contribution in [0, 0.1) is 5.41 Å². The number of carbonyl (C=O) groups is 2. The quantitative estimate of drug-likeness (QED) is 0.753. The Hall–Kier alpha value is -2.88. The average Bonchev–Trinajstić information content (AvgIpc) is 3.06. The predicted octanol–water partition coefficient (Wildman–Crippen LogP) is 2.51. The number of likely N-dealkylation sites (tertiary alicyclic amines) is 1. The molecule has 1 fully saturated rings. The number of benzene rings is 1. The third kappa shape index (κ3) is 5.43. The van der Waals surface area contributed by atoms with Crippen LogP contribution in [0.4, 0.5) is 13.2 Å². The molecule has 0 atom stereocenters. The number of carboxylic acid groups (broad SMARTS) is 1. The number of nitrogens with one attached hydrogen (secondary N) is 1. The van der Waals surface area contributed by atoms with Gasteiger partial charge in [0.15, 0.2) is 0 Å². The zero-order valence-electron chi connectivity index (χ0n) is 17.2. The van der Waals surface area contributed by atoms with Crippen molar-refractivity contribution in [2.24, 2.45) is 12.5 Å². The van der Waals surface area contributed by atoms with Gasteiger partial charge >= 0.3 is 12.1 Å². The number of carboxylic acids is 1. The van der Waals surface area contributed by atoms with E-state index < -0.39 is 12.1 Å². The Labute approximate surface area is 177 Å². The summed E-state index contributed by atoms with van der Waals surface area (Å²) in [5, 5.41) is 10.3. The SMILES string of the molecule is Cn1ccnc1CN1CCC2(CC1)Cc1ccccc1CNC2=O.O=C(O)C(F)(F)F. The van der Waals surface area contributed by atoms with Crippen molar-refractivity contribution >= 4 is 11.9 Å². The van der Waals surface area contributed by atoms with E-state index >= 15 is 0 Å². The molecule has 0 bridgehead atoms. The fraction of sp³-hybridized carbons (Fsp3) is 0.476. The van der Waals surface area contributed by atoms with Gasteiger partial charge in [-0.25, -0.2) is 9.78 Å². The van der Waals surface area contributed by atoms with E-state index in [4.69, 9.17) is 9.90 Å². The first-order chi connectivity index (χ1) is 14.6. The molecule has 2 N–H and O–H groups in total. The second kappa shape index (κ2) is 9.09. The van der Waals surface area contributed by atoms with Crippen molar-refractivity contribution < 1.29 is 27.9 Å². The van der Waals surface area contributed by atoms with Gasteiger partial charge in [0, 0.05) is 26.0 Å². The number of nitrogens with zero attached hydrogens (tertiary/aromatic N) is 3. The van der Waals surface area contributed by atoms with Gasteiger partial charge in [0.05, 0.1) is 12.0 Å². The van der Waals surface area contributed by atoms with Gasteiger partial charge in [-0.1, -0.05) is 24.3 Å². The van der Waals surface area contributed by atoms with Crippen LogP contribution in [-0.2, 0) is 36.1 Å². The van der Waals surface area contributed by atoms with Gasteiger partial charge in [0.25, 0.3) is 0 Å². The van der Waals surface area contributed by atoms with E-state index in [1.165, 1.54) is 11.1 Å². The maximum Gasteiger partial charge on any atom is 0.490 e. The number of fused-ring (bicyclic) bond motifs is 1. The lowest BCUT2D eigenvalue weighted by atomic mass is 9.73. The molecule has 10 heteroatoms. The summed E-state index contributed by atoms with van der Waals surface area (Å²) in [6.07, 6.45) is 1.44. The molecular weight excluding hydrogens is 413 g/mol. The highest BCUT2D eigenvalue weighted by molar-refractivity contribution is 5.84. The summed E-state index contributed by atoms with van der Waals surface area (Å²) < 4.78 is 33.8. The molecule has 2 aliphatic heterocycles. The van der Waals surface area contributed by atoms with Crippen LogP contribution in [-0.4, -0.2) is 50.7 Å². The Morgan fingerprint density at radius 1 is 1.23 bits per heavy atom. The summed E-state index contributed by atoms with van der Waals surface area (Å²) in [6.45, 7) is 3.41. The maximum atomic E-state index is 12.8. The molecule has 7 nitrogen and oxygen atoms in total. The van der Waals surface area contributed by atoms with Gasteiger partial charge in [-0.2, -0.15) is 13.2 Å². The first kappa shape index (κ1) is 22.8. The van der Waals surface area contributed by atoms with E-state index in [0.717, 1.165) is 44.7 Å². The van der Waals surface area contributed by atoms with Crippen molar-refractivity contribution in [3.63, 3.8) is 0 Å². The van der Waals surface area contributed by atoms with E-state index in [2.05, 4.69) is 44.0 Å². The van der Waals surface area contributed by atoms with Crippen LogP contribution in [0.5, 0.6) is 0 Å². The van der Waals surface area contributed by atoms with Crippen LogP contribution in [0.15, 0.2) is 36.7 Å². The molecule has 1 aromatic heterocycles. The zero-order valence-corrected chi connectivity index (χ0v) is 17.2. The highest BCUT2D eigenvalue weighted by Crippen LogP contribution is 2.38. The van der Waals surface area contributed by atoms with Gasteiger partial charge in [-0.15, -0.1) is 0 Å². The number of hydrogen-bond donors (Lipinski definition) is 2. The van der Waals surface area contributed by atoms with Crippen LogP contribution >= 0.6 is 0 Å². The molecule has 1 spiro atoms. The molecule has 31 heavy (non-hydrogen) atoms. The average molecular weight is 438 g/mol. The third-order valence-electron chi connectivity index (χ3n) is 5.91. The lowest BCUT2D eigenvalue weighted by molar-refractivity contribution is -0.192. The highest BCUT2D eigenvalue weighted by Gasteiger charge is 2.43. The number of alkyl halides is 3. The van der Waals surface area contributed by atoms with Crippen LogP contribution in [0.25, 0.3) is 0 Å². The molecule has 1 saturated heterocycles. The molecule has 0 aliphatic carbocycles. The normalized spacial score (nSPS) is 18.4. The van der Waals surface area contributed by atoms with Gasteiger partial charge < -0.3 is 15.0 Å². The first-order valence-electron chi connectivity index (χ1n) is 9.94. The van der Waals surface area contributed by atoms with Crippen molar-refractivity contribution in [3.8, 4) is 0 Å². The number of aryl methyl sites for hydroxylation is 1. The number of imidazole rings is 1. The van der Waals surface area contributed by atoms with E-state index in [1.54, 1.807) is 0 Å². The molecule has 3 heterocycles. The summed E-state index contributed by atoms with van der Waals surface area (Å²) in [6, 6.07) is 8.44. The Morgan fingerprint density at radius 2 is 1.84 bits per heavy atom. The fourth-order valence-corrected chi connectivity index (χ4v) is 4.00. The number of aromatic nitrogens is 2. The number of rotatable bonds is 2. The van der Waals surface area contributed by atoms with Crippen molar-refractivity contribution in [1.82, 2.24) is 19.8 Å².